The van der Waals surface area contributed by atoms with E-state index in [1.54, 1.807) is 0 Å². The van der Waals surface area contributed by atoms with E-state index in [1.165, 1.54) is 12.4 Å². The Morgan fingerprint density at radius 3 is 2.62 bits per heavy atom. The molecule has 0 aliphatic heterocycles. The van der Waals surface area contributed by atoms with Gasteiger partial charge in [-0.3, -0.25) is 0 Å². The van der Waals surface area contributed by atoms with Gasteiger partial charge in [0.15, 0.2) is 0 Å². The Morgan fingerprint density at radius 1 is 1.62 bits per heavy atom. The summed E-state index contributed by atoms with van der Waals surface area (Å²) in [5, 5.41) is 9.10. The standard InChI is InChI=1S/C7H7F3N2O/c1-4(7(8,9)10)5(13)6-11-2-3-12-6/h2-3,5,13H,1H2,(H,11,12). The lowest BCUT2D eigenvalue weighted by Gasteiger charge is -2.13. The highest BCUT2D eigenvalue weighted by atomic mass is 19.4. The number of nitrogens with zero attached hydrogens (tertiary/aromatic N) is 1. The molecular weight excluding hydrogens is 185 g/mol. The van der Waals surface area contributed by atoms with Crippen LogP contribution in [0.5, 0.6) is 0 Å². The van der Waals surface area contributed by atoms with E-state index in [0.717, 1.165) is 0 Å². The van der Waals surface area contributed by atoms with Crippen LogP contribution in [0.3, 0.4) is 0 Å². The summed E-state index contributed by atoms with van der Waals surface area (Å²) in [7, 11) is 0. The van der Waals surface area contributed by atoms with Gasteiger partial charge in [-0.15, -0.1) is 0 Å². The smallest absolute Gasteiger partial charge is 0.380 e. The summed E-state index contributed by atoms with van der Waals surface area (Å²) in [5.74, 6) is -0.165. The van der Waals surface area contributed by atoms with Crippen LogP contribution >= 0.6 is 0 Å². The van der Waals surface area contributed by atoms with E-state index < -0.39 is 17.9 Å². The number of halogens is 3. The number of imidazole rings is 1. The van der Waals surface area contributed by atoms with Gasteiger partial charge < -0.3 is 10.1 Å². The van der Waals surface area contributed by atoms with Crippen molar-refractivity contribution in [2.24, 2.45) is 0 Å². The van der Waals surface area contributed by atoms with Gasteiger partial charge in [-0.1, -0.05) is 6.58 Å². The molecule has 0 saturated heterocycles. The monoisotopic (exact) mass is 192 g/mol. The van der Waals surface area contributed by atoms with Crippen LogP contribution in [0.2, 0.25) is 0 Å². The van der Waals surface area contributed by atoms with Crippen molar-refractivity contribution < 1.29 is 18.3 Å². The first kappa shape index (κ1) is 9.79. The zero-order valence-corrected chi connectivity index (χ0v) is 6.47. The lowest BCUT2D eigenvalue weighted by molar-refractivity contribution is -0.106. The molecule has 72 valence electrons. The third kappa shape index (κ3) is 2.09. The second-order valence-electron chi connectivity index (χ2n) is 2.40. The van der Waals surface area contributed by atoms with Gasteiger partial charge in [-0.05, 0) is 0 Å². The highest BCUT2D eigenvalue weighted by molar-refractivity contribution is 5.15. The van der Waals surface area contributed by atoms with Gasteiger partial charge in [0.1, 0.15) is 11.9 Å². The lowest BCUT2D eigenvalue weighted by Crippen LogP contribution is -2.18. The van der Waals surface area contributed by atoms with Gasteiger partial charge >= 0.3 is 6.18 Å². The number of aromatic nitrogens is 2. The molecule has 0 radical (unpaired) electrons. The summed E-state index contributed by atoms with van der Waals surface area (Å²) in [6, 6.07) is 0. The van der Waals surface area contributed by atoms with E-state index in [9.17, 15) is 13.2 Å². The van der Waals surface area contributed by atoms with Crippen LogP contribution in [0, 0.1) is 0 Å². The Balaban J connectivity index is 2.81. The van der Waals surface area contributed by atoms with Crippen LogP contribution in [-0.4, -0.2) is 21.3 Å². The molecular formula is C7H7F3N2O. The minimum Gasteiger partial charge on any atom is -0.380 e. The van der Waals surface area contributed by atoms with Crippen molar-refractivity contribution in [2.45, 2.75) is 12.3 Å². The molecule has 1 aromatic rings. The minimum atomic E-state index is -4.60. The number of hydrogen-bond donors (Lipinski definition) is 2. The normalized spacial score (nSPS) is 14.2. The van der Waals surface area contributed by atoms with Crippen LogP contribution in [0.4, 0.5) is 13.2 Å². The van der Waals surface area contributed by atoms with Crippen LogP contribution < -0.4 is 0 Å². The number of H-pyrrole nitrogens is 1. The molecule has 0 amide bonds. The molecule has 13 heavy (non-hydrogen) atoms. The molecule has 1 unspecified atom stereocenters. The highest BCUT2D eigenvalue weighted by Gasteiger charge is 2.37. The maximum atomic E-state index is 12.0. The zero-order valence-electron chi connectivity index (χ0n) is 6.47. The average Bonchev–Trinajstić information content (AvgIpc) is 2.51. The summed E-state index contributed by atoms with van der Waals surface area (Å²) < 4.78 is 36.0. The second-order valence-corrected chi connectivity index (χ2v) is 2.40. The Morgan fingerprint density at radius 2 is 2.23 bits per heavy atom. The molecule has 0 aromatic carbocycles. The van der Waals surface area contributed by atoms with Gasteiger partial charge in [0.05, 0.1) is 5.57 Å². The third-order valence-corrected chi connectivity index (χ3v) is 1.47. The first-order chi connectivity index (χ1) is 5.93. The number of nitrogens with one attached hydrogen (secondary N) is 1. The van der Waals surface area contributed by atoms with Gasteiger partial charge in [0.25, 0.3) is 0 Å². The van der Waals surface area contributed by atoms with Crippen molar-refractivity contribution in [2.75, 3.05) is 0 Å². The van der Waals surface area contributed by atoms with Crippen molar-refractivity contribution >= 4 is 0 Å². The van der Waals surface area contributed by atoms with Gasteiger partial charge in [0, 0.05) is 12.4 Å². The number of aromatic amines is 1. The molecule has 1 atom stereocenters. The zero-order chi connectivity index (χ0) is 10.1. The first-order valence-corrected chi connectivity index (χ1v) is 3.36. The number of aliphatic hydroxyl groups is 1. The fourth-order valence-electron chi connectivity index (χ4n) is 0.747. The average molecular weight is 192 g/mol. The minimum absolute atomic E-state index is 0.165. The molecule has 0 fully saturated rings. The molecule has 1 aromatic heterocycles. The van der Waals surface area contributed by atoms with E-state index in [2.05, 4.69) is 16.5 Å². The molecule has 0 spiro atoms. The van der Waals surface area contributed by atoms with Crippen LogP contribution in [0.15, 0.2) is 24.5 Å². The second kappa shape index (κ2) is 3.21. The van der Waals surface area contributed by atoms with E-state index in [1.807, 2.05) is 0 Å². The molecule has 3 nitrogen and oxygen atoms in total. The Kier molecular flexibility index (Phi) is 2.42. The molecule has 0 aliphatic carbocycles. The predicted molar refractivity (Wildman–Crippen MR) is 38.7 cm³/mol. The van der Waals surface area contributed by atoms with E-state index in [4.69, 9.17) is 5.11 Å². The van der Waals surface area contributed by atoms with E-state index in [-0.39, 0.29) is 5.82 Å². The van der Waals surface area contributed by atoms with Crippen molar-refractivity contribution in [3.05, 3.63) is 30.4 Å². The molecule has 0 saturated carbocycles. The molecule has 1 heterocycles. The Hall–Kier alpha value is -1.30. The van der Waals surface area contributed by atoms with Crippen molar-refractivity contribution in [3.63, 3.8) is 0 Å². The fraction of sp³-hybridized carbons (Fsp3) is 0.286. The molecule has 0 bridgehead atoms. The molecule has 0 aliphatic rings. The maximum absolute atomic E-state index is 12.0. The highest BCUT2D eigenvalue weighted by Crippen LogP contribution is 2.32. The topological polar surface area (TPSA) is 48.9 Å². The van der Waals surface area contributed by atoms with Gasteiger partial charge in [-0.2, -0.15) is 13.2 Å². The number of rotatable bonds is 2. The predicted octanol–water partition coefficient (Wildman–Crippen LogP) is 1.56. The molecule has 6 heteroatoms. The number of aliphatic hydroxyl groups excluding tert-OH is 1. The van der Waals surface area contributed by atoms with Crippen LogP contribution in [-0.2, 0) is 0 Å². The van der Waals surface area contributed by atoms with Crippen molar-refractivity contribution in [1.29, 1.82) is 0 Å². The largest absolute Gasteiger partial charge is 0.415 e. The number of alkyl halides is 3. The van der Waals surface area contributed by atoms with Crippen LogP contribution in [0.1, 0.15) is 11.9 Å². The van der Waals surface area contributed by atoms with E-state index in [0.29, 0.717) is 0 Å². The third-order valence-electron chi connectivity index (χ3n) is 1.47. The Bertz CT molecular complexity index is 291. The van der Waals surface area contributed by atoms with Crippen molar-refractivity contribution in [1.82, 2.24) is 9.97 Å². The quantitative estimate of drug-likeness (QED) is 0.698. The molecule has 2 N–H and O–H groups in total. The first-order valence-electron chi connectivity index (χ1n) is 3.36. The summed E-state index contributed by atoms with van der Waals surface area (Å²) in [5.41, 5.74) is -1.23. The van der Waals surface area contributed by atoms with Gasteiger partial charge in [0.2, 0.25) is 0 Å². The summed E-state index contributed by atoms with van der Waals surface area (Å²) >= 11 is 0. The fourth-order valence-corrected chi connectivity index (χ4v) is 0.747. The maximum Gasteiger partial charge on any atom is 0.415 e. The van der Waals surface area contributed by atoms with E-state index >= 15 is 0 Å². The summed E-state index contributed by atoms with van der Waals surface area (Å²) in [6.07, 6.45) is -3.86. The summed E-state index contributed by atoms with van der Waals surface area (Å²) in [6.45, 7) is 2.75. The Labute approximate surface area is 71.9 Å². The van der Waals surface area contributed by atoms with Crippen LogP contribution in [0.25, 0.3) is 0 Å². The molecule has 1 rings (SSSR count). The lowest BCUT2D eigenvalue weighted by atomic mass is 10.1. The number of hydrogen-bond acceptors (Lipinski definition) is 2. The van der Waals surface area contributed by atoms with Crippen molar-refractivity contribution in [3.8, 4) is 0 Å². The summed E-state index contributed by atoms with van der Waals surface area (Å²) in [4.78, 5) is 5.85. The SMILES string of the molecule is C=C(C(O)c1ncc[nH]1)C(F)(F)F. The van der Waals surface area contributed by atoms with Gasteiger partial charge in [-0.25, -0.2) is 4.98 Å².